The van der Waals surface area contributed by atoms with E-state index in [-0.39, 0.29) is 10.5 Å². The molecule has 0 fully saturated rings. The number of hydrogen-bond donors (Lipinski definition) is 0. The van der Waals surface area contributed by atoms with Crippen LogP contribution >= 0.6 is 15.9 Å². The fourth-order valence-electron chi connectivity index (χ4n) is 1.78. The second kappa shape index (κ2) is 7.72. The highest BCUT2D eigenvalue weighted by Crippen LogP contribution is 2.24. The second-order valence-corrected chi connectivity index (χ2v) is 7.20. The number of sulfonamides is 1. The van der Waals surface area contributed by atoms with Gasteiger partial charge in [0.25, 0.3) is 0 Å². The van der Waals surface area contributed by atoms with Crippen molar-refractivity contribution in [3.8, 4) is 6.07 Å². The number of hydrogen-bond acceptors (Lipinski definition) is 5. The first kappa shape index (κ1) is 18.6. The summed E-state index contributed by atoms with van der Waals surface area (Å²) in [5, 5.41) is 8.68. The molecular weight excluding hydrogens is 372 g/mol. The van der Waals surface area contributed by atoms with Crippen molar-refractivity contribution in [2.45, 2.75) is 31.8 Å². The average Bonchev–Trinajstić information content (AvgIpc) is 2.48. The number of halogens is 1. The van der Waals surface area contributed by atoms with Crippen LogP contribution in [0.5, 0.6) is 0 Å². The SMILES string of the molecule is CCN(CC)S(=O)(=O)c1ccc(Br)c(C(=O)O[C@@H](C)C#N)c1. The van der Waals surface area contributed by atoms with Crippen LogP contribution in [0.2, 0.25) is 0 Å². The summed E-state index contributed by atoms with van der Waals surface area (Å²) in [6.07, 6.45) is -0.914. The molecule has 0 bridgehead atoms. The number of esters is 1. The molecule has 22 heavy (non-hydrogen) atoms. The molecule has 6 nitrogen and oxygen atoms in total. The second-order valence-electron chi connectivity index (χ2n) is 4.41. The van der Waals surface area contributed by atoms with E-state index in [9.17, 15) is 13.2 Å². The summed E-state index contributed by atoms with van der Waals surface area (Å²) >= 11 is 3.19. The van der Waals surface area contributed by atoms with Crippen molar-refractivity contribution in [1.82, 2.24) is 4.31 Å². The number of benzene rings is 1. The highest BCUT2D eigenvalue weighted by atomic mass is 79.9. The molecule has 0 spiro atoms. The van der Waals surface area contributed by atoms with Crippen LogP contribution in [-0.4, -0.2) is 37.9 Å². The van der Waals surface area contributed by atoms with Crippen LogP contribution in [0.15, 0.2) is 27.6 Å². The third-order valence-corrected chi connectivity index (χ3v) is 5.70. The Morgan fingerprint density at radius 2 is 2.00 bits per heavy atom. The molecule has 0 radical (unpaired) electrons. The van der Waals surface area contributed by atoms with Crippen molar-refractivity contribution in [2.24, 2.45) is 0 Å². The van der Waals surface area contributed by atoms with E-state index in [2.05, 4.69) is 15.9 Å². The molecule has 0 N–H and O–H groups in total. The standard InChI is InChI=1S/C14H17BrN2O4S/c1-4-17(5-2)22(19,20)11-6-7-13(15)12(8-11)14(18)21-10(3)9-16/h6-8,10H,4-5H2,1-3H3/t10-/m0/s1. The molecule has 8 heteroatoms. The zero-order valence-corrected chi connectivity index (χ0v) is 14.9. The van der Waals surface area contributed by atoms with Gasteiger partial charge in [0.2, 0.25) is 10.0 Å². The van der Waals surface area contributed by atoms with Crippen LogP contribution in [-0.2, 0) is 14.8 Å². The minimum atomic E-state index is -3.67. The van der Waals surface area contributed by atoms with E-state index < -0.39 is 22.1 Å². The molecule has 0 aliphatic heterocycles. The lowest BCUT2D eigenvalue weighted by Crippen LogP contribution is -2.30. The number of carbonyl (C=O) groups excluding carboxylic acids is 1. The molecule has 1 aromatic rings. The maximum atomic E-state index is 12.5. The average molecular weight is 389 g/mol. The molecule has 0 amide bonds. The first-order valence-electron chi connectivity index (χ1n) is 6.68. The molecule has 0 heterocycles. The van der Waals surface area contributed by atoms with Crippen LogP contribution < -0.4 is 0 Å². The van der Waals surface area contributed by atoms with E-state index in [1.54, 1.807) is 19.9 Å². The number of nitrogens with zero attached hydrogens (tertiary/aromatic N) is 2. The summed E-state index contributed by atoms with van der Waals surface area (Å²) < 4.78 is 31.5. The third kappa shape index (κ3) is 4.06. The van der Waals surface area contributed by atoms with Crippen LogP contribution in [0, 0.1) is 11.3 Å². The van der Waals surface area contributed by atoms with E-state index in [1.807, 2.05) is 0 Å². The minimum Gasteiger partial charge on any atom is -0.444 e. The number of carbonyl (C=O) groups is 1. The molecule has 1 aromatic carbocycles. The fourth-order valence-corrected chi connectivity index (χ4v) is 3.68. The smallest absolute Gasteiger partial charge is 0.340 e. The predicted molar refractivity (Wildman–Crippen MR) is 84.7 cm³/mol. The number of rotatable bonds is 6. The Hall–Kier alpha value is -1.43. The minimum absolute atomic E-state index is 0.0101. The summed E-state index contributed by atoms with van der Waals surface area (Å²) in [6, 6.07) is 5.93. The predicted octanol–water partition coefficient (Wildman–Crippen LogP) is 2.55. The quantitative estimate of drug-likeness (QED) is 0.698. The topological polar surface area (TPSA) is 87.5 Å². The van der Waals surface area contributed by atoms with Crippen molar-refractivity contribution in [2.75, 3.05) is 13.1 Å². The van der Waals surface area contributed by atoms with Crippen molar-refractivity contribution in [3.05, 3.63) is 28.2 Å². The van der Waals surface area contributed by atoms with Gasteiger partial charge in [-0.3, -0.25) is 0 Å². The largest absolute Gasteiger partial charge is 0.444 e. The zero-order chi connectivity index (χ0) is 16.9. The van der Waals surface area contributed by atoms with E-state index in [0.717, 1.165) is 0 Å². The number of nitriles is 1. The molecule has 1 atom stereocenters. The molecular formula is C14H17BrN2O4S. The summed E-state index contributed by atoms with van der Waals surface area (Å²) in [5.41, 5.74) is 0.0651. The van der Waals surface area contributed by atoms with Crippen molar-refractivity contribution in [3.63, 3.8) is 0 Å². The highest BCUT2D eigenvalue weighted by molar-refractivity contribution is 9.10. The Morgan fingerprint density at radius 1 is 1.41 bits per heavy atom. The Morgan fingerprint density at radius 3 is 2.50 bits per heavy atom. The monoisotopic (exact) mass is 388 g/mol. The fraction of sp³-hybridized carbons (Fsp3) is 0.429. The van der Waals surface area contributed by atoms with Gasteiger partial charge in [-0.15, -0.1) is 0 Å². The Balaban J connectivity index is 3.26. The maximum absolute atomic E-state index is 12.5. The Labute approximate surface area is 138 Å². The molecule has 0 aliphatic carbocycles. The van der Waals surface area contributed by atoms with Gasteiger partial charge in [0.05, 0.1) is 10.5 Å². The lowest BCUT2D eigenvalue weighted by atomic mass is 10.2. The van der Waals surface area contributed by atoms with Crippen LogP contribution in [0.4, 0.5) is 0 Å². The highest BCUT2D eigenvalue weighted by Gasteiger charge is 2.24. The molecule has 0 aromatic heterocycles. The van der Waals surface area contributed by atoms with Crippen LogP contribution in [0.3, 0.4) is 0 Å². The lowest BCUT2D eigenvalue weighted by molar-refractivity contribution is 0.0434. The van der Waals surface area contributed by atoms with Gasteiger partial charge in [0.1, 0.15) is 6.07 Å². The molecule has 0 saturated carbocycles. The van der Waals surface area contributed by atoms with Gasteiger partial charge in [-0.1, -0.05) is 13.8 Å². The zero-order valence-electron chi connectivity index (χ0n) is 12.5. The van der Waals surface area contributed by atoms with Gasteiger partial charge < -0.3 is 4.74 Å². The van der Waals surface area contributed by atoms with Gasteiger partial charge in [-0.25, -0.2) is 13.2 Å². The first-order chi connectivity index (χ1) is 10.3. The van der Waals surface area contributed by atoms with E-state index in [1.165, 1.54) is 29.4 Å². The Kier molecular flexibility index (Phi) is 6.53. The summed E-state index contributed by atoms with van der Waals surface area (Å²) in [7, 11) is -3.67. The van der Waals surface area contributed by atoms with Gasteiger partial charge in [-0.2, -0.15) is 9.57 Å². The number of ether oxygens (including phenoxy) is 1. The molecule has 120 valence electrons. The molecule has 1 rings (SSSR count). The van der Waals surface area contributed by atoms with Crippen molar-refractivity contribution >= 4 is 31.9 Å². The summed E-state index contributed by atoms with van der Waals surface area (Å²) in [5.74, 6) is -0.752. The van der Waals surface area contributed by atoms with E-state index >= 15 is 0 Å². The summed E-state index contributed by atoms with van der Waals surface area (Å²) in [4.78, 5) is 12.0. The van der Waals surface area contributed by atoms with Gasteiger partial charge in [-0.05, 0) is 41.1 Å². The Bertz CT molecular complexity index is 693. The normalized spacial score (nSPS) is 12.7. The maximum Gasteiger partial charge on any atom is 0.340 e. The van der Waals surface area contributed by atoms with Gasteiger partial charge in [0.15, 0.2) is 6.10 Å². The van der Waals surface area contributed by atoms with Gasteiger partial charge in [0, 0.05) is 17.6 Å². The van der Waals surface area contributed by atoms with Crippen LogP contribution in [0.25, 0.3) is 0 Å². The lowest BCUT2D eigenvalue weighted by Gasteiger charge is -2.19. The van der Waals surface area contributed by atoms with Crippen molar-refractivity contribution in [1.29, 1.82) is 5.26 Å². The molecule has 0 unspecified atom stereocenters. The van der Waals surface area contributed by atoms with E-state index in [4.69, 9.17) is 10.00 Å². The molecule has 0 aliphatic rings. The van der Waals surface area contributed by atoms with Crippen LogP contribution in [0.1, 0.15) is 31.1 Å². The van der Waals surface area contributed by atoms with Crippen molar-refractivity contribution < 1.29 is 17.9 Å². The molecule has 0 saturated heterocycles. The third-order valence-electron chi connectivity index (χ3n) is 2.97. The first-order valence-corrected chi connectivity index (χ1v) is 8.91. The van der Waals surface area contributed by atoms with E-state index in [0.29, 0.717) is 17.6 Å². The van der Waals surface area contributed by atoms with Gasteiger partial charge >= 0.3 is 5.97 Å². The summed E-state index contributed by atoms with van der Waals surface area (Å²) in [6.45, 7) is 5.58.